The van der Waals surface area contributed by atoms with E-state index in [0.29, 0.717) is 5.56 Å². The number of benzene rings is 2. The second kappa shape index (κ2) is 13.0. The maximum Gasteiger partial charge on any atom is 0.229 e. The van der Waals surface area contributed by atoms with Crippen molar-refractivity contribution >= 4 is 11.9 Å². The van der Waals surface area contributed by atoms with Gasteiger partial charge in [0.05, 0.1) is 33.5 Å². The van der Waals surface area contributed by atoms with Crippen LogP contribution in [-0.2, 0) is 4.74 Å². The Morgan fingerprint density at radius 3 is 2.37 bits per heavy atom. The summed E-state index contributed by atoms with van der Waals surface area (Å²) >= 11 is 0. The Morgan fingerprint density at radius 1 is 1.03 bits per heavy atom. The molecule has 3 rings (SSSR count). The monoisotopic (exact) mass is 536 g/mol. The van der Waals surface area contributed by atoms with Crippen molar-refractivity contribution in [2.75, 3.05) is 27.4 Å². The topological polar surface area (TPSA) is 196 Å². The number of ketones is 1. The summed E-state index contributed by atoms with van der Waals surface area (Å²) < 4.78 is 21.7. The van der Waals surface area contributed by atoms with E-state index in [1.807, 2.05) is 0 Å². The molecule has 0 aliphatic carbocycles. The van der Waals surface area contributed by atoms with E-state index in [-0.39, 0.29) is 40.7 Å². The summed E-state index contributed by atoms with van der Waals surface area (Å²) in [6, 6.07) is 6.98. The molecular weight excluding hydrogens is 504 g/mol. The summed E-state index contributed by atoms with van der Waals surface area (Å²) in [5, 5.41) is 70.2. The van der Waals surface area contributed by atoms with Crippen LogP contribution in [0.15, 0.2) is 36.4 Å². The van der Waals surface area contributed by atoms with Crippen LogP contribution in [0.1, 0.15) is 34.0 Å². The zero-order chi connectivity index (χ0) is 28.0. The molecule has 1 aliphatic rings. The highest BCUT2D eigenvalue weighted by atomic mass is 16.7. The van der Waals surface area contributed by atoms with Gasteiger partial charge in [-0.1, -0.05) is 12.2 Å². The number of carbonyl (C=O) groups excluding carboxylic acids is 1. The van der Waals surface area contributed by atoms with Crippen LogP contribution in [0.5, 0.6) is 23.0 Å². The zero-order valence-electron chi connectivity index (χ0n) is 20.8. The van der Waals surface area contributed by atoms with Gasteiger partial charge in [-0.05, 0) is 35.9 Å². The van der Waals surface area contributed by atoms with Crippen molar-refractivity contribution in [3.63, 3.8) is 0 Å². The number of Topliss-reactive ketones (excluding diaryl/α,β-unsaturated/α-hetero) is 1. The highest BCUT2D eigenvalue weighted by Crippen LogP contribution is 2.40. The highest BCUT2D eigenvalue weighted by Gasteiger charge is 2.45. The van der Waals surface area contributed by atoms with Crippen LogP contribution >= 0.6 is 0 Å². The number of aromatic hydroxyl groups is 1. The molecule has 1 heterocycles. The molecule has 7 N–H and O–H groups in total. The summed E-state index contributed by atoms with van der Waals surface area (Å²) in [6.45, 7) is -0.933. The molecule has 12 nitrogen and oxygen atoms in total. The van der Waals surface area contributed by atoms with Crippen molar-refractivity contribution in [1.29, 1.82) is 0 Å². The first kappa shape index (κ1) is 29.3. The van der Waals surface area contributed by atoms with Gasteiger partial charge < -0.3 is 54.7 Å². The van der Waals surface area contributed by atoms with Gasteiger partial charge in [0.1, 0.15) is 24.4 Å². The lowest BCUT2D eigenvalue weighted by Crippen LogP contribution is -2.60. The molecule has 1 saturated heterocycles. The number of hydrogen-bond donors (Lipinski definition) is 7. The van der Waals surface area contributed by atoms with Crippen LogP contribution in [-0.4, -0.2) is 99.7 Å². The number of ether oxygens (including phenoxy) is 4. The van der Waals surface area contributed by atoms with Crippen LogP contribution in [0.25, 0.3) is 6.08 Å². The zero-order valence-corrected chi connectivity index (χ0v) is 20.8. The van der Waals surface area contributed by atoms with E-state index in [1.165, 1.54) is 50.6 Å². The third-order valence-electron chi connectivity index (χ3n) is 6.06. The third kappa shape index (κ3) is 6.42. The molecule has 6 atom stereocenters. The Bertz CT molecular complexity index is 1130. The number of aliphatic hydroxyl groups is 6. The fraction of sp³-hybridized carbons (Fsp3) is 0.423. The SMILES string of the molecule is COc1cc(C(=O)C[C@@H](O)c2cc(/C=C/CO)cc(OC)c2O[C@@H]2O[C@H](CO)[C@@H](O)[C@H](O)[C@H]2O)ccc1O. The van der Waals surface area contributed by atoms with Gasteiger partial charge >= 0.3 is 0 Å². The number of phenolic OH excluding ortho intramolecular Hbond substituents is 1. The van der Waals surface area contributed by atoms with Crippen LogP contribution in [0.4, 0.5) is 0 Å². The highest BCUT2D eigenvalue weighted by molar-refractivity contribution is 5.97. The molecule has 0 aromatic heterocycles. The molecule has 0 spiro atoms. The van der Waals surface area contributed by atoms with Gasteiger partial charge in [-0.3, -0.25) is 4.79 Å². The normalized spacial score (nSPS) is 24.3. The van der Waals surface area contributed by atoms with E-state index >= 15 is 0 Å². The lowest BCUT2D eigenvalue weighted by molar-refractivity contribution is -0.277. The minimum absolute atomic E-state index is 0.0537. The van der Waals surface area contributed by atoms with E-state index in [4.69, 9.17) is 24.1 Å². The van der Waals surface area contributed by atoms with Gasteiger partial charge in [-0.2, -0.15) is 0 Å². The molecule has 0 saturated carbocycles. The predicted octanol–water partition coefficient (Wildman–Crippen LogP) is -0.100. The number of rotatable bonds is 11. The van der Waals surface area contributed by atoms with Crippen LogP contribution in [0, 0.1) is 0 Å². The van der Waals surface area contributed by atoms with E-state index in [2.05, 4.69) is 0 Å². The second-order valence-electron chi connectivity index (χ2n) is 8.57. The number of methoxy groups -OCH3 is 2. The molecule has 1 aliphatic heterocycles. The second-order valence-corrected chi connectivity index (χ2v) is 8.57. The molecule has 0 amide bonds. The van der Waals surface area contributed by atoms with Crippen molar-refractivity contribution < 1.29 is 59.5 Å². The minimum atomic E-state index is -1.73. The van der Waals surface area contributed by atoms with Gasteiger partial charge in [0, 0.05) is 17.5 Å². The Balaban J connectivity index is 1.99. The molecular formula is C26H32O12. The van der Waals surface area contributed by atoms with Gasteiger partial charge in [-0.15, -0.1) is 0 Å². The van der Waals surface area contributed by atoms with Gasteiger partial charge in [0.25, 0.3) is 0 Å². The standard InChI is InChI=1S/C26H32O12/c1-35-19-10-14(5-6-16(19)29)17(30)11-18(31)15-8-13(4-3-7-27)9-20(36-2)25(15)38-26-24(34)23(33)22(32)21(12-28)37-26/h3-6,8-10,18,21-24,26-29,31-34H,7,11-12H2,1-2H3/b4-3+/t18-,21-,22-,23+,24-,26+/m1/s1. The number of phenols is 1. The summed E-state index contributed by atoms with van der Waals surface area (Å²) in [6.07, 6.45) is -6.79. The van der Waals surface area contributed by atoms with E-state index in [1.54, 1.807) is 6.08 Å². The quantitative estimate of drug-likeness (QED) is 0.189. The molecule has 2 aromatic rings. The number of carbonyl (C=O) groups is 1. The fourth-order valence-corrected chi connectivity index (χ4v) is 3.99. The van der Waals surface area contributed by atoms with Crippen LogP contribution in [0.3, 0.4) is 0 Å². The van der Waals surface area contributed by atoms with E-state index < -0.39 is 55.6 Å². The average Bonchev–Trinajstić information content (AvgIpc) is 2.92. The summed E-state index contributed by atoms with van der Waals surface area (Å²) in [4.78, 5) is 13.0. The lowest BCUT2D eigenvalue weighted by Gasteiger charge is -2.40. The summed E-state index contributed by atoms with van der Waals surface area (Å²) in [5.74, 6) is -0.635. The van der Waals surface area contributed by atoms with Crippen molar-refractivity contribution in [3.05, 3.63) is 53.1 Å². The molecule has 38 heavy (non-hydrogen) atoms. The molecule has 12 heteroatoms. The van der Waals surface area contributed by atoms with Gasteiger partial charge in [-0.25, -0.2) is 0 Å². The third-order valence-corrected chi connectivity index (χ3v) is 6.06. The Morgan fingerprint density at radius 2 is 1.74 bits per heavy atom. The first-order valence-corrected chi connectivity index (χ1v) is 11.7. The van der Waals surface area contributed by atoms with Crippen LogP contribution in [0.2, 0.25) is 0 Å². The Labute approximate surface area is 218 Å². The molecule has 208 valence electrons. The largest absolute Gasteiger partial charge is 0.504 e. The number of hydrogen-bond acceptors (Lipinski definition) is 12. The Kier molecular flexibility index (Phi) is 10.1. The fourth-order valence-electron chi connectivity index (χ4n) is 3.99. The molecule has 0 bridgehead atoms. The lowest BCUT2D eigenvalue weighted by atomic mass is 9.96. The summed E-state index contributed by atoms with van der Waals surface area (Å²) in [7, 11) is 2.65. The maximum absolute atomic E-state index is 13.0. The van der Waals surface area contributed by atoms with E-state index in [0.717, 1.165) is 0 Å². The first-order chi connectivity index (χ1) is 18.1. The van der Waals surface area contributed by atoms with Crippen molar-refractivity contribution in [1.82, 2.24) is 0 Å². The van der Waals surface area contributed by atoms with Gasteiger partial charge in [0.2, 0.25) is 6.29 Å². The summed E-state index contributed by atoms with van der Waals surface area (Å²) in [5.41, 5.74) is 0.696. The number of aliphatic hydroxyl groups excluding tert-OH is 6. The Hall–Kier alpha value is -3.23. The average molecular weight is 537 g/mol. The van der Waals surface area contributed by atoms with Crippen LogP contribution < -0.4 is 14.2 Å². The van der Waals surface area contributed by atoms with Crippen molar-refractivity contribution in [2.45, 2.75) is 43.2 Å². The van der Waals surface area contributed by atoms with Gasteiger partial charge in [0.15, 0.2) is 28.8 Å². The molecule has 0 unspecified atom stereocenters. The maximum atomic E-state index is 13.0. The van der Waals surface area contributed by atoms with Crippen molar-refractivity contribution in [2.24, 2.45) is 0 Å². The van der Waals surface area contributed by atoms with Crippen molar-refractivity contribution in [3.8, 4) is 23.0 Å². The molecule has 0 radical (unpaired) electrons. The van der Waals surface area contributed by atoms with E-state index in [9.17, 15) is 35.4 Å². The smallest absolute Gasteiger partial charge is 0.229 e. The molecule has 2 aromatic carbocycles. The predicted molar refractivity (Wildman–Crippen MR) is 132 cm³/mol. The first-order valence-electron chi connectivity index (χ1n) is 11.7. The molecule has 1 fully saturated rings. The minimum Gasteiger partial charge on any atom is -0.504 e.